The Bertz CT molecular complexity index is 772. The lowest BCUT2D eigenvalue weighted by Crippen LogP contribution is -2.28. The molecule has 6 heteroatoms. The minimum atomic E-state index is -0.190. The Morgan fingerprint density at radius 3 is 2.57 bits per heavy atom. The van der Waals surface area contributed by atoms with Crippen molar-refractivity contribution in [3.8, 4) is 0 Å². The van der Waals surface area contributed by atoms with Gasteiger partial charge in [0.1, 0.15) is 5.82 Å². The fourth-order valence-electron chi connectivity index (χ4n) is 3.57. The Hall–Kier alpha value is -2.34. The topological polar surface area (TPSA) is 76.1 Å². The number of carbonyl (C=O) groups excluding carboxylic acids is 1. The van der Waals surface area contributed by atoms with Gasteiger partial charge in [0, 0.05) is 25.6 Å². The van der Waals surface area contributed by atoms with Crippen LogP contribution < -0.4 is 10.9 Å². The Morgan fingerprint density at radius 1 is 1.09 bits per heavy atom. The van der Waals surface area contributed by atoms with Gasteiger partial charge in [0.2, 0.25) is 5.91 Å². The van der Waals surface area contributed by atoms with Crippen LogP contribution in [0.3, 0.4) is 0 Å². The molecule has 2 aromatic rings. The molecule has 3 heterocycles. The first kappa shape index (κ1) is 14.3. The summed E-state index contributed by atoms with van der Waals surface area (Å²) in [7, 11) is 0. The summed E-state index contributed by atoms with van der Waals surface area (Å²) in [5.74, 6) is 0.392. The first-order valence-electron chi connectivity index (χ1n) is 8.01. The number of anilines is 1. The largest absolute Gasteiger partial charge is 0.381 e. The molecule has 0 bridgehead atoms. The number of carbonyl (C=O) groups is 1. The second kappa shape index (κ2) is 5.70. The van der Waals surface area contributed by atoms with Crippen LogP contribution in [0.4, 0.5) is 5.82 Å². The van der Waals surface area contributed by atoms with Crippen LogP contribution >= 0.6 is 0 Å². The van der Waals surface area contributed by atoms with E-state index < -0.39 is 0 Å². The molecule has 1 aromatic heterocycles. The summed E-state index contributed by atoms with van der Waals surface area (Å²) in [6, 6.07) is 9.91. The average Bonchev–Trinajstić information content (AvgIpc) is 2.92. The van der Waals surface area contributed by atoms with Gasteiger partial charge in [0.05, 0.1) is 11.6 Å². The maximum Gasteiger partial charge on any atom is 0.270 e. The zero-order valence-electron chi connectivity index (χ0n) is 12.7. The molecule has 1 fully saturated rings. The SMILES string of the molecule is O=C1C[C@@H](c2ccccc2)c2c(n(C3CCOCC3)[nH]c2=O)N1. The molecule has 2 N–H and O–H groups in total. The van der Waals surface area contributed by atoms with Gasteiger partial charge in [-0.25, -0.2) is 0 Å². The van der Waals surface area contributed by atoms with Crippen molar-refractivity contribution in [3.63, 3.8) is 0 Å². The molecule has 1 amide bonds. The van der Waals surface area contributed by atoms with Crippen LogP contribution in [0.15, 0.2) is 35.1 Å². The highest BCUT2D eigenvalue weighted by Gasteiger charge is 2.34. The van der Waals surface area contributed by atoms with Crippen molar-refractivity contribution in [2.45, 2.75) is 31.2 Å². The number of aromatic nitrogens is 2. The van der Waals surface area contributed by atoms with Crippen molar-refractivity contribution in [1.82, 2.24) is 9.78 Å². The first-order valence-corrected chi connectivity index (χ1v) is 8.01. The van der Waals surface area contributed by atoms with Gasteiger partial charge in [-0.1, -0.05) is 30.3 Å². The number of benzene rings is 1. The zero-order valence-corrected chi connectivity index (χ0v) is 12.7. The minimum absolute atomic E-state index is 0.0498. The smallest absolute Gasteiger partial charge is 0.270 e. The van der Waals surface area contributed by atoms with E-state index in [-0.39, 0.29) is 23.4 Å². The van der Waals surface area contributed by atoms with Crippen molar-refractivity contribution >= 4 is 11.7 Å². The summed E-state index contributed by atoms with van der Waals surface area (Å²) in [4.78, 5) is 24.7. The van der Waals surface area contributed by atoms with E-state index in [1.807, 2.05) is 35.0 Å². The summed E-state index contributed by atoms with van der Waals surface area (Å²) in [5, 5.41) is 5.83. The molecule has 1 atom stereocenters. The summed E-state index contributed by atoms with van der Waals surface area (Å²) in [5.41, 5.74) is 1.56. The quantitative estimate of drug-likeness (QED) is 0.890. The van der Waals surface area contributed by atoms with Gasteiger partial charge >= 0.3 is 0 Å². The molecule has 120 valence electrons. The normalized spacial score (nSPS) is 21.7. The van der Waals surface area contributed by atoms with Crippen LogP contribution in [-0.4, -0.2) is 28.9 Å². The van der Waals surface area contributed by atoms with E-state index in [0.717, 1.165) is 18.4 Å². The Morgan fingerprint density at radius 2 is 1.83 bits per heavy atom. The maximum atomic E-state index is 12.6. The molecular weight excluding hydrogens is 294 g/mol. The van der Waals surface area contributed by atoms with Gasteiger partial charge in [0.25, 0.3) is 5.56 Å². The number of hydrogen-bond acceptors (Lipinski definition) is 3. The van der Waals surface area contributed by atoms with Crippen LogP contribution in [0.2, 0.25) is 0 Å². The van der Waals surface area contributed by atoms with Crippen LogP contribution in [-0.2, 0) is 9.53 Å². The Balaban J connectivity index is 1.80. The zero-order chi connectivity index (χ0) is 15.8. The van der Waals surface area contributed by atoms with Crippen LogP contribution in [0.25, 0.3) is 0 Å². The number of nitrogens with one attached hydrogen (secondary N) is 2. The summed E-state index contributed by atoms with van der Waals surface area (Å²) in [6.45, 7) is 1.35. The first-order chi connectivity index (χ1) is 11.2. The van der Waals surface area contributed by atoms with Crippen LogP contribution in [0, 0.1) is 0 Å². The van der Waals surface area contributed by atoms with E-state index in [4.69, 9.17) is 4.74 Å². The van der Waals surface area contributed by atoms with Gasteiger partial charge in [0.15, 0.2) is 0 Å². The molecule has 0 aliphatic carbocycles. The molecule has 1 aromatic carbocycles. The molecule has 2 aliphatic heterocycles. The van der Waals surface area contributed by atoms with Gasteiger partial charge in [-0.3, -0.25) is 19.4 Å². The molecule has 0 radical (unpaired) electrons. The molecular formula is C17H19N3O3. The highest BCUT2D eigenvalue weighted by molar-refractivity contribution is 5.94. The predicted molar refractivity (Wildman–Crippen MR) is 85.7 cm³/mol. The lowest BCUT2D eigenvalue weighted by Gasteiger charge is -2.28. The average molecular weight is 313 g/mol. The highest BCUT2D eigenvalue weighted by atomic mass is 16.5. The van der Waals surface area contributed by atoms with Crippen molar-refractivity contribution in [2.24, 2.45) is 0 Å². The van der Waals surface area contributed by atoms with Gasteiger partial charge in [-0.05, 0) is 18.4 Å². The molecule has 0 unspecified atom stereocenters. The number of aromatic amines is 1. The Kier molecular flexibility index (Phi) is 3.53. The highest BCUT2D eigenvalue weighted by Crippen LogP contribution is 2.37. The summed E-state index contributed by atoms with van der Waals surface area (Å²) in [6.07, 6.45) is 1.98. The third-order valence-electron chi connectivity index (χ3n) is 4.72. The van der Waals surface area contributed by atoms with E-state index in [9.17, 15) is 9.59 Å². The third-order valence-corrected chi connectivity index (χ3v) is 4.72. The summed E-state index contributed by atoms with van der Waals surface area (Å²) >= 11 is 0. The summed E-state index contributed by atoms with van der Waals surface area (Å²) < 4.78 is 7.23. The van der Waals surface area contributed by atoms with Crippen molar-refractivity contribution in [1.29, 1.82) is 0 Å². The molecule has 23 heavy (non-hydrogen) atoms. The molecule has 4 rings (SSSR count). The standard InChI is InChI=1S/C17H19N3O3/c21-14-10-13(11-4-2-1-3-5-11)15-16(18-14)20(19-17(15)22)12-6-8-23-9-7-12/h1-5,12-13H,6-10H2,(H,18,21)(H,19,22)/t13-/m0/s1. The maximum absolute atomic E-state index is 12.6. The van der Waals surface area contributed by atoms with Gasteiger partial charge in [-0.2, -0.15) is 0 Å². The van der Waals surface area contributed by atoms with Crippen LogP contribution in [0.1, 0.15) is 42.3 Å². The fourth-order valence-corrected chi connectivity index (χ4v) is 3.57. The van der Waals surface area contributed by atoms with E-state index in [1.165, 1.54) is 0 Å². The van der Waals surface area contributed by atoms with E-state index in [2.05, 4.69) is 10.4 Å². The van der Waals surface area contributed by atoms with Crippen molar-refractivity contribution in [2.75, 3.05) is 18.5 Å². The molecule has 0 saturated carbocycles. The monoisotopic (exact) mass is 313 g/mol. The molecule has 1 saturated heterocycles. The lowest BCUT2D eigenvalue weighted by molar-refractivity contribution is -0.116. The van der Waals surface area contributed by atoms with Crippen molar-refractivity contribution in [3.05, 3.63) is 51.8 Å². The number of amides is 1. The van der Waals surface area contributed by atoms with E-state index in [0.29, 0.717) is 31.0 Å². The number of ether oxygens (including phenoxy) is 1. The fraction of sp³-hybridized carbons (Fsp3) is 0.412. The molecule has 0 spiro atoms. The van der Waals surface area contributed by atoms with E-state index >= 15 is 0 Å². The van der Waals surface area contributed by atoms with Gasteiger partial charge in [-0.15, -0.1) is 0 Å². The minimum Gasteiger partial charge on any atom is -0.381 e. The number of H-pyrrole nitrogens is 1. The number of hydrogen-bond donors (Lipinski definition) is 2. The van der Waals surface area contributed by atoms with Crippen molar-refractivity contribution < 1.29 is 9.53 Å². The third kappa shape index (κ3) is 2.49. The lowest BCUT2D eigenvalue weighted by atomic mass is 9.87. The number of fused-ring (bicyclic) bond motifs is 1. The second-order valence-corrected chi connectivity index (χ2v) is 6.13. The Labute approximate surface area is 133 Å². The van der Waals surface area contributed by atoms with E-state index in [1.54, 1.807) is 0 Å². The van der Waals surface area contributed by atoms with Crippen LogP contribution in [0.5, 0.6) is 0 Å². The number of rotatable bonds is 2. The molecule has 2 aliphatic rings. The second-order valence-electron chi connectivity index (χ2n) is 6.13. The van der Waals surface area contributed by atoms with Gasteiger partial charge < -0.3 is 10.1 Å². The molecule has 6 nitrogen and oxygen atoms in total. The predicted octanol–water partition coefficient (Wildman–Crippen LogP) is 2.00. The number of nitrogens with zero attached hydrogens (tertiary/aromatic N) is 1.